The topological polar surface area (TPSA) is 68.0 Å². The lowest BCUT2D eigenvalue weighted by Crippen LogP contribution is -2.17. The number of nitrogens with two attached hydrogens (primary N) is 1. The Hall–Kier alpha value is -2.02. The molecule has 0 saturated carbocycles. The number of carbonyl (C=O) groups is 1. The Morgan fingerprint density at radius 2 is 2.53 bits per heavy atom. The maximum Gasteiger partial charge on any atom is 0.267 e. The number of rotatable bonds is 4. The summed E-state index contributed by atoms with van der Waals surface area (Å²) in [6, 6.07) is 3.28. The molecule has 0 saturated heterocycles. The fourth-order valence-electron chi connectivity index (χ4n) is 1.12. The van der Waals surface area contributed by atoms with Gasteiger partial charge in [0.15, 0.2) is 0 Å². The molecule has 4 heteroatoms. The molecule has 1 heterocycles. The predicted molar refractivity (Wildman–Crippen MR) is 59.3 cm³/mol. The van der Waals surface area contributed by atoms with Crippen molar-refractivity contribution in [2.45, 2.75) is 19.4 Å². The first kappa shape index (κ1) is 11.1. The number of nitrogens with one attached hydrogen (secondary N) is 1. The molecular weight excluding hydrogens is 190 g/mol. The summed E-state index contributed by atoms with van der Waals surface area (Å²) in [6.45, 7) is 1.98. The van der Waals surface area contributed by atoms with Gasteiger partial charge in [-0.15, -0.1) is 6.42 Å². The van der Waals surface area contributed by atoms with E-state index in [1.807, 2.05) is 6.92 Å². The van der Waals surface area contributed by atoms with Crippen LogP contribution in [-0.4, -0.2) is 16.9 Å². The van der Waals surface area contributed by atoms with Gasteiger partial charge in [-0.3, -0.25) is 9.78 Å². The van der Waals surface area contributed by atoms with E-state index in [1.165, 1.54) is 6.20 Å². The third-order valence-corrected chi connectivity index (χ3v) is 1.96. The first-order valence-electron chi connectivity index (χ1n) is 4.66. The molecular formula is C11H13N3O. The lowest BCUT2D eigenvalue weighted by molar-refractivity contribution is 0.0995. The third-order valence-electron chi connectivity index (χ3n) is 1.96. The quantitative estimate of drug-likeness (QED) is 0.717. The van der Waals surface area contributed by atoms with Crippen LogP contribution < -0.4 is 11.1 Å². The highest BCUT2D eigenvalue weighted by Gasteiger charge is 2.05. The number of hydrogen-bond donors (Lipinski definition) is 2. The largest absolute Gasteiger partial charge is 0.371 e. The van der Waals surface area contributed by atoms with E-state index in [2.05, 4.69) is 16.2 Å². The van der Waals surface area contributed by atoms with Gasteiger partial charge in [-0.05, 0) is 18.6 Å². The summed E-state index contributed by atoms with van der Waals surface area (Å²) in [4.78, 5) is 14.7. The first-order valence-corrected chi connectivity index (χ1v) is 4.66. The number of carbonyl (C=O) groups excluding carboxylic acids is 1. The van der Waals surface area contributed by atoms with E-state index in [-0.39, 0.29) is 11.7 Å². The van der Waals surface area contributed by atoms with Crippen LogP contribution in [-0.2, 0) is 0 Å². The highest BCUT2D eigenvalue weighted by molar-refractivity contribution is 5.91. The van der Waals surface area contributed by atoms with Gasteiger partial charge in [0, 0.05) is 11.9 Å². The Kier molecular flexibility index (Phi) is 3.69. The molecule has 0 aromatic carbocycles. The van der Waals surface area contributed by atoms with Gasteiger partial charge in [-0.1, -0.05) is 12.8 Å². The van der Waals surface area contributed by atoms with E-state index in [9.17, 15) is 4.79 Å². The molecule has 3 N–H and O–H groups in total. The summed E-state index contributed by atoms with van der Waals surface area (Å²) in [7, 11) is 0. The van der Waals surface area contributed by atoms with Crippen LogP contribution in [0.3, 0.4) is 0 Å². The molecule has 1 unspecified atom stereocenters. The summed E-state index contributed by atoms with van der Waals surface area (Å²) in [5.74, 6) is 2.05. The number of hydrogen-bond acceptors (Lipinski definition) is 3. The molecule has 0 bridgehead atoms. The smallest absolute Gasteiger partial charge is 0.267 e. The fourth-order valence-corrected chi connectivity index (χ4v) is 1.12. The minimum absolute atomic E-state index is 0.0480. The average Bonchev–Trinajstić information content (AvgIpc) is 2.26. The van der Waals surface area contributed by atoms with Gasteiger partial charge in [0.05, 0.1) is 6.04 Å². The monoisotopic (exact) mass is 203 g/mol. The number of amides is 1. The van der Waals surface area contributed by atoms with Crippen molar-refractivity contribution in [1.29, 1.82) is 0 Å². The van der Waals surface area contributed by atoms with Crippen molar-refractivity contribution in [3.8, 4) is 12.3 Å². The SMILES string of the molecule is C#CC(CC)Nc1ccnc(C(N)=O)c1. The lowest BCUT2D eigenvalue weighted by atomic mass is 10.2. The van der Waals surface area contributed by atoms with Crippen molar-refractivity contribution in [3.63, 3.8) is 0 Å². The molecule has 1 atom stereocenters. The maximum absolute atomic E-state index is 10.9. The molecule has 0 aliphatic carbocycles. The average molecular weight is 203 g/mol. The zero-order chi connectivity index (χ0) is 11.3. The summed E-state index contributed by atoms with van der Waals surface area (Å²) in [5.41, 5.74) is 6.09. The van der Waals surface area contributed by atoms with E-state index >= 15 is 0 Å². The summed E-state index contributed by atoms with van der Waals surface area (Å²) >= 11 is 0. The number of aromatic nitrogens is 1. The number of anilines is 1. The standard InChI is InChI=1S/C11H13N3O/c1-3-8(4-2)14-9-5-6-13-10(7-9)11(12)15/h1,5-8H,4H2,2H3,(H2,12,15)(H,13,14). The Balaban J connectivity index is 2.83. The van der Waals surface area contributed by atoms with Gasteiger partial charge in [0.1, 0.15) is 5.69 Å². The van der Waals surface area contributed by atoms with E-state index in [0.29, 0.717) is 0 Å². The van der Waals surface area contributed by atoms with E-state index in [1.54, 1.807) is 12.1 Å². The van der Waals surface area contributed by atoms with Crippen molar-refractivity contribution in [2.75, 3.05) is 5.32 Å². The van der Waals surface area contributed by atoms with Crippen LogP contribution >= 0.6 is 0 Å². The fraction of sp³-hybridized carbons (Fsp3) is 0.273. The normalized spacial score (nSPS) is 11.5. The molecule has 0 radical (unpaired) electrons. The van der Waals surface area contributed by atoms with Gasteiger partial charge >= 0.3 is 0 Å². The van der Waals surface area contributed by atoms with Gasteiger partial charge < -0.3 is 11.1 Å². The second-order valence-corrected chi connectivity index (χ2v) is 3.07. The minimum atomic E-state index is -0.549. The molecule has 1 amide bonds. The zero-order valence-electron chi connectivity index (χ0n) is 8.53. The van der Waals surface area contributed by atoms with Crippen molar-refractivity contribution < 1.29 is 4.79 Å². The van der Waals surface area contributed by atoms with Crippen molar-refractivity contribution in [2.24, 2.45) is 5.73 Å². The molecule has 0 spiro atoms. The zero-order valence-corrected chi connectivity index (χ0v) is 8.53. The maximum atomic E-state index is 10.9. The molecule has 15 heavy (non-hydrogen) atoms. The molecule has 1 rings (SSSR count). The number of nitrogens with zero attached hydrogens (tertiary/aromatic N) is 1. The third kappa shape index (κ3) is 2.99. The van der Waals surface area contributed by atoms with Gasteiger partial charge in [-0.25, -0.2) is 0 Å². The molecule has 0 aliphatic rings. The minimum Gasteiger partial charge on any atom is -0.371 e. The highest BCUT2D eigenvalue weighted by Crippen LogP contribution is 2.10. The Morgan fingerprint density at radius 1 is 1.80 bits per heavy atom. The molecule has 1 aromatic rings. The van der Waals surface area contributed by atoms with E-state index in [4.69, 9.17) is 12.2 Å². The van der Waals surface area contributed by atoms with Crippen LogP contribution in [0.15, 0.2) is 18.3 Å². The van der Waals surface area contributed by atoms with Crippen LogP contribution in [0.1, 0.15) is 23.8 Å². The lowest BCUT2D eigenvalue weighted by Gasteiger charge is -2.12. The van der Waals surface area contributed by atoms with Gasteiger partial charge in [0.2, 0.25) is 0 Å². The predicted octanol–water partition coefficient (Wildman–Crippen LogP) is 1.00. The van der Waals surface area contributed by atoms with Crippen LogP contribution in [0.4, 0.5) is 5.69 Å². The van der Waals surface area contributed by atoms with E-state index in [0.717, 1.165) is 12.1 Å². The Morgan fingerprint density at radius 3 is 3.07 bits per heavy atom. The van der Waals surface area contributed by atoms with Gasteiger partial charge in [-0.2, -0.15) is 0 Å². The first-order chi connectivity index (χ1) is 7.17. The van der Waals surface area contributed by atoms with Crippen LogP contribution in [0, 0.1) is 12.3 Å². The highest BCUT2D eigenvalue weighted by atomic mass is 16.1. The molecule has 78 valence electrons. The van der Waals surface area contributed by atoms with Crippen molar-refractivity contribution in [3.05, 3.63) is 24.0 Å². The summed E-state index contributed by atoms with van der Waals surface area (Å²) in [6.07, 6.45) is 7.64. The summed E-state index contributed by atoms with van der Waals surface area (Å²) in [5, 5.41) is 3.09. The Bertz CT molecular complexity index is 395. The number of primary amides is 1. The van der Waals surface area contributed by atoms with Crippen molar-refractivity contribution >= 4 is 11.6 Å². The second-order valence-electron chi connectivity index (χ2n) is 3.07. The Labute approximate surface area is 88.9 Å². The molecule has 0 aliphatic heterocycles. The van der Waals surface area contributed by atoms with Crippen LogP contribution in [0.25, 0.3) is 0 Å². The second kappa shape index (κ2) is 5.01. The van der Waals surface area contributed by atoms with Gasteiger partial charge in [0.25, 0.3) is 5.91 Å². The van der Waals surface area contributed by atoms with Crippen LogP contribution in [0.5, 0.6) is 0 Å². The number of terminal acetylenes is 1. The number of pyridine rings is 1. The van der Waals surface area contributed by atoms with Crippen LogP contribution in [0.2, 0.25) is 0 Å². The summed E-state index contributed by atoms with van der Waals surface area (Å²) < 4.78 is 0. The molecule has 0 fully saturated rings. The molecule has 4 nitrogen and oxygen atoms in total. The van der Waals surface area contributed by atoms with Crippen molar-refractivity contribution in [1.82, 2.24) is 4.98 Å². The molecule has 1 aromatic heterocycles. The van der Waals surface area contributed by atoms with E-state index < -0.39 is 5.91 Å².